The van der Waals surface area contributed by atoms with Crippen molar-refractivity contribution in [1.82, 2.24) is 4.98 Å². The van der Waals surface area contributed by atoms with E-state index in [-0.39, 0.29) is 17.1 Å². The van der Waals surface area contributed by atoms with E-state index in [1.807, 2.05) is 0 Å². The van der Waals surface area contributed by atoms with Crippen LogP contribution in [0.25, 0.3) is 0 Å². The summed E-state index contributed by atoms with van der Waals surface area (Å²) in [5.74, 6) is -1.79. The Bertz CT molecular complexity index is 754. The third-order valence-corrected chi connectivity index (χ3v) is 3.45. The molecule has 0 spiro atoms. The van der Waals surface area contributed by atoms with E-state index < -0.39 is 23.4 Å². The summed E-state index contributed by atoms with van der Waals surface area (Å²) in [6.07, 6.45) is -4.05. The van der Waals surface area contributed by atoms with Gasteiger partial charge in [-0.2, -0.15) is 18.4 Å². The van der Waals surface area contributed by atoms with Crippen molar-refractivity contribution in [1.29, 1.82) is 5.26 Å². The summed E-state index contributed by atoms with van der Waals surface area (Å²) in [6, 6.07) is 11.1. The molecule has 23 heavy (non-hydrogen) atoms. The van der Waals surface area contributed by atoms with Gasteiger partial charge in [-0.25, -0.2) is 0 Å². The molecule has 118 valence electrons. The Morgan fingerprint density at radius 1 is 1.30 bits per heavy atom. The highest BCUT2D eigenvalue weighted by molar-refractivity contribution is 6.31. The van der Waals surface area contributed by atoms with Crippen molar-refractivity contribution in [2.75, 3.05) is 0 Å². The number of carbonyl (C=O) groups is 1. The number of hydrogen-bond acceptors (Lipinski definition) is 3. The normalized spacial score (nSPS) is 12.5. The molecule has 1 aromatic heterocycles. The number of pyridine rings is 1. The number of aromatic nitrogens is 1. The second-order valence-corrected chi connectivity index (χ2v) is 5.19. The average molecular weight is 339 g/mol. The summed E-state index contributed by atoms with van der Waals surface area (Å²) >= 11 is 5.79. The van der Waals surface area contributed by atoms with Gasteiger partial charge in [0.05, 0.1) is 22.3 Å². The molecule has 0 aliphatic carbocycles. The summed E-state index contributed by atoms with van der Waals surface area (Å²) in [5, 5.41) is 8.84. The summed E-state index contributed by atoms with van der Waals surface area (Å²) in [5.41, 5.74) is -0.498. The summed E-state index contributed by atoms with van der Waals surface area (Å²) < 4.78 is 37.8. The van der Waals surface area contributed by atoms with Gasteiger partial charge in [0.25, 0.3) is 0 Å². The van der Waals surface area contributed by atoms with Crippen LogP contribution in [-0.2, 0) is 17.4 Å². The van der Waals surface area contributed by atoms with Crippen LogP contribution in [0.5, 0.6) is 0 Å². The van der Waals surface area contributed by atoms with Crippen molar-refractivity contribution in [3.8, 4) is 6.07 Å². The van der Waals surface area contributed by atoms with Crippen molar-refractivity contribution in [3.05, 3.63) is 64.4 Å². The van der Waals surface area contributed by atoms with Crippen LogP contribution < -0.4 is 0 Å². The molecule has 0 amide bonds. The van der Waals surface area contributed by atoms with Crippen LogP contribution in [0.1, 0.15) is 22.7 Å². The van der Waals surface area contributed by atoms with Crippen LogP contribution in [0.15, 0.2) is 42.6 Å². The van der Waals surface area contributed by atoms with E-state index in [9.17, 15) is 23.2 Å². The van der Waals surface area contributed by atoms with Crippen molar-refractivity contribution < 1.29 is 18.0 Å². The quantitative estimate of drug-likeness (QED) is 0.840. The van der Waals surface area contributed by atoms with Gasteiger partial charge in [0.1, 0.15) is 5.92 Å². The minimum atomic E-state index is -4.59. The lowest BCUT2D eigenvalue weighted by Crippen LogP contribution is -2.16. The molecule has 7 heteroatoms. The molecule has 3 nitrogen and oxygen atoms in total. The number of carbonyl (C=O) groups excluding carboxylic acids is 1. The fraction of sp³-hybridized carbons (Fsp3) is 0.188. The molecule has 0 aliphatic rings. The molecule has 1 aromatic carbocycles. The van der Waals surface area contributed by atoms with E-state index in [0.29, 0.717) is 17.8 Å². The number of nitriles is 1. The van der Waals surface area contributed by atoms with E-state index in [2.05, 4.69) is 4.98 Å². The third kappa shape index (κ3) is 4.08. The van der Waals surface area contributed by atoms with Crippen molar-refractivity contribution >= 4 is 17.4 Å². The number of ketones is 1. The van der Waals surface area contributed by atoms with E-state index >= 15 is 0 Å². The zero-order valence-electron chi connectivity index (χ0n) is 11.6. The van der Waals surface area contributed by atoms with E-state index in [1.165, 1.54) is 0 Å². The van der Waals surface area contributed by atoms with Gasteiger partial charge in [0, 0.05) is 12.6 Å². The molecule has 0 fully saturated rings. The summed E-state index contributed by atoms with van der Waals surface area (Å²) in [4.78, 5) is 15.8. The molecule has 2 aromatic rings. The third-order valence-electron chi connectivity index (χ3n) is 3.14. The minimum absolute atomic E-state index is 0.0297. The smallest absolute Gasteiger partial charge is 0.297 e. The van der Waals surface area contributed by atoms with Gasteiger partial charge >= 0.3 is 6.18 Å². The number of benzene rings is 1. The number of alkyl halides is 3. The summed E-state index contributed by atoms with van der Waals surface area (Å²) in [7, 11) is 0. The van der Waals surface area contributed by atoms with Gasteiger partial charge < -0.3 is 0 Å². The Kier molecular flexibility index (Phi) is 5.02. The SMILES string of the molecule is N#C[C@@H](C(=O)Cc1ccccc1)c1ncc(C(F)(F)F)cc1Cl. The first-order valence-corrected chi connectivity index (χ1v) is 6.89. The van der Waals surface area contributed by atoms with E-state index in [0.717, 1.165) is 0 Å². The number of halogens is 4. The average Bonchev–Trinajstić information content (AvgIpc) is 2.49. The number of hydrogen-bond donors (Lipinski definition) is 0. The topological polar surface area (TPSA) is 53.8 Å². The zero-order valence-corrected chi connectivity index (χ0v) is 12.4. The highest BCUT2D eigenvalue weighted by Crippen LogP contribution is 2.33. The second kappa shape index (κ2) is 6.80. The van der Waals surface area contributed by atoms with Gasteiger partial charge in [-0.1, -0.05) is 41.9 Å². The lowest BCUT2D eigenvalue weighted by atomic mass is 9.95. The fourth-order valence-corrected chi connectivity index (χ4v) is 2.28. The molecule has 0 aliphatic heterocycles. The molecule has 0 radical (unpaired) electrons. The molecule has 1 heterocycles. The first kappa shape index (κ1) is 17.0. The lowest BCUT2D eigenvalue weighted by molar-refractivity contribution is -0.137. The van der Waals surface area contributed by atoms with Gasteiger partial charge in [-0.15, -0.1) is 0 Å². The molecule has 0 bridgehead atoms. The highest BCUT2D eigenvalue weighted by Gasteiger charge is 2.33. The fourth-order valence-electron chi connectivity index (χ4n) is 2.00. The Labute approximate surface area is 135 Å². The molecule has 0 unspecified atom stereocenters. The molecule has 1 atom stereocenters. The monoisotopic (exact) mass is 338 g/mol. The molecule has 0 N–H and O–H groups in total. The predicted octanol–water partition coefficient (Wildman–Crippen LogP) is 4.17. The second-order valence-electron chi connectivity index (χ2n) is 4.78. The maximum absolute atomic E-state index is 12.6. The molecule has 0 saturated heterocycles. The predicted molar refractivity (Wildman–Crippen MR) is 77.8 cm³/mol. The molecule has 2 rings (SSSR count). The highest BCUT2D eigenvalue weighted by atomic mass is 35.5. The number of rotatable bonds is 4. The molecular formula is C16H10ClF3N2O. The summed E-state index contributed by atoms with van der Waals surface area (Å²) in [6.45, 7) is 0. The van der Waals surface area contributed by atoms with Gasteiger partial charge in [0.2, 0.25) is 0 Å². The Morgan fingerprint density at radius 3 is 2.48 bits per heavy atom. The zero-order chi connectivity index (χ0) is 17.0. The first-order valence-electron chi connectivity index (χ1n) is 6.52. The van der Waals surface area contributed by atoms with Gasteiger partial charge in [0.15, 0.2) is 5.78 Å². The van der Waals surface area contributed by atoms with Crippen LogP contribution in [0.4, 0.5) is 13.2 Å². The van der Waals surface area contributed by atoms with Crippen LogP contribution in [0.3, 0.4) is 0 Å². The molecular weight excluding hydrogens is 329 g/mol. The van der Waals surface area contributed by atoms with E-state index in [4.69, 9.17) is 11.6 Å². The first-order chi connectivity index (χ1) is 10.8. The Morgan fingerprint density at radius 2 is 1.96 bits per heavy atom. The largest absolute Gasteiger partial charge is 0.417 e. The van der Waals surface area contributed by atoms with Crippen molar-refractivity contribution in [3.63, 3.8) is 0 Å². The maximum Gasteiger partial charge on any atom is 0.417 e. The van der Waals surface area contributed by atoms with Gasteiger partial charge in [-0.05, 0) is 11.6 Å². The van der Waals surface area contributed by atoms with Crippen LogP contribution >= 0.6 is 11.6 Å². The number of Topliss-reactive ketones (excluding diaryl/α,β-unsaturated/α-hetero) is 1. The molecule has 0 saturated carbocycles. The van der Waals surface area contributed by atoms with Crippen molar-refractivity contribution in [2.24, 2.45) is 0 Å². The Balaban J connectivity index is 2.28. The number of nitrogens with zero attached hydrogens (tertiary/aromatic N) is 2. The van der Waals surface area contributed by atoms with Crippen molar-refractivity contribution in [2.45, 2.75) is 18.5 Å². The van der Waals surface area contributed by atoms with Crippen LogP contribution in [-0.4, -0.2) is 10.8 Å². The lowest BCUT2D eigenvalue weighted by Gasteiger charge is -2.12. The van der Waals surface area contributed by atoms with E-state index in [1.54, 1.807) is 36.4 Å². The minimum Gasteiger partial charge on any atom is -0.297 e. The van der Waals surface area contributed by atoms with Gasteiger partial charge in [-0.3, -0.25) is 9.78 Å². The maximum atomic E-state index is 12.6. The Hall–Kier alpha value is -2.39. The van der Waals surface area contributed by atoms with Crippen LogP contribution in [0, 0.1) is 11.3 Å². The van der Waals surface area contributed by atoms with Crippen LogP contribution in [0.2, 0.25) is 5.02 Å². The standard InChI is InChI=1S/C16H10ClF3N2O/c17-13-7-11(16(18,19)20)9-22-15(13)12(8-21)14(23)6-10-4-2-1-3-5-10/h1-5,7,9,12H,6H2/t12-/m0/s1.